The maximum atomic E-state index is 4.44. The van der Waals surface area contributed by atoms with Crippen molar-refractivity contribution in [2.24, 2.45) is 0 Å². The van der Waals surface area contributed by atoms with Gasteiger partial charge in [-0.05, 0) is 36.8 Å². The van der Waals surface area contributed by atoms with Gasteiger partial charge in [-0.3, -0.25) is 4.98 Å². The molecule has 4 aromatic rings. The van der Waals surface area contributed by atoms with Crippen LogP contribution in [-0.2, 0) is 0 Å². The molecule has 0 radical (unpaired) electrons. The second-order valence-corrected chi connectivity index (χ2v) is 5.27. The summed E-state index contributed by atoms with van der Waals surface area (Å²) in [5, 5.41) is 5.56. The SMILES string of the molecule is CCNc1ccc(-c2ccc3c(c2)[nH]c2ccncc23)cn1. The van der Waals surface area contributed by atoms with Gasteiger partial charge in [0.05, 0.1) is 0 Å². The Morgan fingerprint density at radius 1 is 0.955 bits per heavy atom. The lowest BCUT2D eigenvalue weighted by atomic mass is 10.1. The van der Waals surface area contributed by atoms with Crippen LogP contribution in [0.2, 0.25) is 0 Å². The Hall–Kier alpha value is -2.88. The summed E-state index contributed by atoms with van der Waals surface area (Å²) < 4.78 is 0. The molecule has 4 heteroatoms. The summed E-state index contributed by atoms with van der Waals surface area (Å²) >= 11 is 0. The first-order valence-electron chi connectivity index (χ1n) is 7.41. The van der Waals surface area contributed by atoms with Gasteiger partial charge in [-0.15, -0.1) is 0 Å². The third-order valence-electron chi connectivity index (χ3n) is 3.85. The van der Waals surface area contributed by atoms with E-state index in [1.165, 1.54) is 5.39 Å². The average Bonchev–Trinajstić information content (AvgIpc) is 2.93. The Morgan fingerprint density at radius 3 is 2.68 bits per heavy atom. The highest BCUT2D eigenvalue weighted by molar-refractivity contribution is 6.07. The van der Waals surface area contributed by atoms with E-state index in [4.69, 9.17) is 0 Å². The minimum Gasteiger partial charge on any atom is -0.370 e. The van der Waals surface area contributed by atoms with Gasteiger partial charge < -0.3 is 10.3 Å². The van der Waals surface area contributed by atoms with E-state index >= 15 is 0 Å². The summed E-state index contributed by atoms with van der Waals surface area (Å²) in [4.78, 5) is 12.1. The van der Waals surface area contributed by atoms with Crippen molar-refractivity contribution >= 4 is 27.6 Å². The summed E-state index contributed by atoms with van der Waals surface area (Å²) in [5.74, 6) is 0.906. The first-order chi connectivity index (χ1) is 10.8. The molecule has 4 nitrogen and oxygen atoms in total. The van der Waals surface area contributed by atoms with Crippen LogP contribution in [0, 0.1) is 0 Å². The van der Waals surface area contributed by atoms with Crippen LogP contribution in [0.4, 0.5) is 5.82 Å². The summed E-state index contributed by atoms with van der Waals surface area (Å²) in [6.07, 6.45) is 5.62. The van der Waals surface area contributed by atoms with E-state index in [1.807, 2.05) is 30.7 Å². The van der Waals surface area contributed by atoms with Crippen LogP contribution in [0.3, 0.4) is 0 Å². The third kappa shape index (κ3) is 2.09. The molecule has 0 aliphatic carbocycles. The summed E-state index contributed by atoms with van der Waals surface area (Å²) in [6, 6.07) is 12.5. The van der Waals surface area contributed by atoms with Crippen molar-refractivity contribution < 1.29 is 0 Å². The number of anilines is 1. The fraction of sp³-hybridized carbons (Fsp3) is 0.111. The van der Waals surface area contributed by atoms with Gasteiger partial charge in [0.15, 0.2) is 0 Å². The number of nitrogens with zero attached hydrogens (tertiary/aromatic N) is 2. The second kappa shape index (κ2) is 5.15. The lowest BCUT2D eigenvalue weighted by Gasteiger charge is -2.05. The largest absolute Gasteiger partial charge is 0.370 e. The number of aromatic amines is 1. The van der Waals surface area contributed by atoms with Gasteiger partial charge in [0.2, 0.25) is 0 Å². The maximum Gasteiger partial charge on any atom is 0.125 e. The highest BCUT2D eigenvalue weighted by atomic mass is 15.0. The molecule has 1 aromatic carbocycles. The van der Waals surface area contributed by atoms with Crippen molar-refractivity contribution in [1.29, 1.82) is 0 Å². The molecular weight excluding hydrogens is 272 g/mol. The molecule has 0 amide bonds. The molecule has 2 N–H and O–H groups in total. The Balaban J connectivity index is 1.80. The highest BCUT2D eigenvalue weighted by Gasteiger charge is 2.06. The van der Waals surface area contributed by atoms with Crippen LogP contribution in [0.5, 0.6) is 0 Å². The summed E-state index contributed by atoms with van der Waals surface area (Å²) in [6.45, 7) is 2.94. The van der Waals surface area contributed by atoms with E-state index in [1.54, 1.807) is 0 Å². The Kier molecular flexibility index (Phi) is 3.00. The van der Waals surface area contributed by atoms with Gasteiger partial charge in [-0.25, -0.2) is 4.98 Å². The Bertz CT molecular complexity index is 938. The molecule has 0 aliphatic rings. The average molecular weight is 288 g/mol. The zero-order valence-corrected chi connectivity index (χ0v) is 12.3. The fourth-order valence-corrected chi connectivity index (χ4v) is 2.78. The Labute approximate surface area is 128 Å². The molecule has 0 saturated carbocycles. The molecule has 0 unspecified atom stereocenters. The first-order valence-corrected chi connectivity index (χ1v) is 7.41. The lowest BCUT2D eigenvalue weighted by molar-refractivity contribution is 1.16. The van der Waals surface area contributed by atoms with Crippen LogP contribution in [0.15, 0.2) is 55.0 Å². The van der Waals surface area contributed by atoms with E-state index in [2.05, 4.69) is 51.5 Å². The van der Waals surface area contributed by atoms with E-state index in [-0.39, 0.29) is 0 Å². The normalized spacial score (nSPS) is 11.1. The van der Waals surface area contributed by atoms with Crippen LogP contribution < -0.4 is 5.32 Å². The van der Waals surface area contributed by atoms with Crippen molar-refractivity contribution in [3.63, 3.8) is 0 Å². The van der Waals surface area contributed by atoms with Gasteiger partial charge in [-0.2, -0.15) is 0 Å². The van der Waals surface area contributed by atoms with E-state index in [0.29, 0.717) is 0 Å². The van der Waals surface area contributed by atoms with E-state index in [9.17, 15) is 0 Å². The van der Waals surface area contributed by atoms with Gasteiger partial charge in [0.1, 0.15) is 5.82 Å². The van der Waals surface area contributed by atoms with Crippen molar-refractivity contribution in [3.8, 4) is 11.1 Å². The zero-order valence-electron chi connectivity index (χ0n) is 12.3. The summed E-state index contributed by atoms with van der Waals surface area (Å²) in [7, 11) is 0. The molecular formula is C18H16N4. The van der Waals surface area contributed by atoms with E-state index in [0.717, 1.165) is 39.9 Å². The number of aromatic nitrogens is 3. The number of nitrogens with one attached hydrogen (secondary N) is 2. The summed E-state index contributed by atoms with van der Waals surface area (Å²) in [5.41, 5.74) is 4.50. The molecule has 0 fully saturated rings. The second-order valence-electron chi connectivity index (χ2n) is 5.27. The van der Waals surface area contributed by atoms with E-state index < -0.39 is 0 Å². The van der Waals surface area contributed by atoms with Gasteiger partial charge >= 0.3 is 0 Å². The first kappa shape index (κ1) is 12.8. The predicted molar refractivity (Wildman–Crippen MR) is 91.0 cm³/mol. The molecule has 3 aromatic heterocycles. The molecule has 0 spiro atoms. The van der Waals surface area contributed by atoms with Gasteiger partial charge in [0, 0.05) is 52.5 Å². The van der Waals surface area contributed by atoms with Crippen molar-refractivity contribution in [2.75, 3.05) is 11.9 Å². The lowest BCUT2D eigenvalue weighted by Crippen LogP contribution is -1.98. The molecule has 4 rings (SSSR count). The van der Waals surface area contributed by atoms with Crippen LogP contribution in [0.1, 0.15) is 6.92 Å². The standard InChI is InChI=1S/C18H16N4/c1-2-20-18-6-4-13(10-21-18)12-3-5-14-15-11-19-8-7-16(15)22-17(14)9-12/h3-11,22H,2H2,1H3,(H,20,21). The number of rotatable bonds is 3. The number of hydrogen-bond donors (Lipinski definition) is 2. The molecule has 0 saturated heterocycles. The molecule has 0 aliphatic heterocycles. The third-order valence-corrected chi connectivity index (χ3v) is 3.85. The predicted octanol–water partition coefficient (Wildman–Crippen LogP) is 4.21. The number of hydrogen-bond acceptors (Lipinski definition) is 3. The highest BCUT2D eigenvalue weighted by Crippen LogP contribution is 2.29. The zero-order chi connectivity index (χ0) is 14.9. The van der Waals surface area contributed by atoms with Crippen LogP contribution in [0.25, 0.3) is 32.9 Å². The number of pyridine rings is 2. The van der Waals surface area contributed by atoms with Crippen molar-refractivity contribution in [2.45, 2.75) is 6.92 Å². The quantitative estimate of drug-likeness (QED) is 0.593. The smallest absolute Gasteiger partial charge is 0.125 e. The molecule has 108 valence electrons. The van der Waals surface area contributed by atoms with Crippen LogP contribution >= 0.6 is 0 Å². The minimum atomic E-state index is 0.876. The topological polar surface area (TPSA) is 53.6 Å². The van der Waals surface area contributed by atoms with Crippen molar-refractivity contribution in [3.05, 3.63) is 55.0 Å². The minimum absolute atomic E-state index is 0.876. The van der Waals surface area contributed by atoms with Crippen molar-refractivity contribution in [1.82, 2.24) is 15.0 Å². The number of H-pyrrole nitrogens is 1. The number of fused-ring (bicyclic) bond motifs is 3. The monoisotopic (exact) mass is 288 g/mol. The van der Waals surface area contributed by atoms with Gasteiger partial charge in [-0.1, -0.05) is 12.1 Å². The molecule has 0 atom stereocenters. The number of benzene rings is 1. The molecule has 0 bridgehead atoms. The van der Waals surface area contributed by atoms with Gasteiger partial charge in [0.25, 0.3) is 0 Å². The molecule has 22 heavy (non-hydrogen) atoms. The van der Waals surface area contributed by atoms with Crippen LogP contribution in [-0.4, -0.2) is 21.5 Å². The molecule has 3 heterocycles. The maximum absolute atomic E-state index is 4.44. The Morgan fingerprint density at radius 2 is 1.86 bits per heavy atom. The fourth-order valence-electron chi connectivity index (χ4n) is 2.78.